The van der Waals surface area contributed by atoms with Gasteiger partial charge in [-0.15, -0.1) is 0 Å². The molecule has 5 rings (SSSR count). The van der Waals surface area contributed by atoms with Gasteiger partial charge in [0.05, 0.1) is 37.9 Å². The fraction of sp³-hybridized carbons (Fsp3) is 0.0455. The van der Waals surface area contributed by atoms with Crippen LogP contribution in [0.25, 0.3) is 27.6 Å². The van der Waals surface area contributed by atoms with Crippen molar-refractivity contribution < 1.29 is 9.72 Å². The van der Waals surface area contributed by atoms with E-state index in [0.29, 0.717) is 5.16 Å². The van der Waals surface area contributed by atoms with E-state index in [1.165, 1.54) is 30.0 Å². The minimum absolute atomic E-state index is 0.0337. The standard InChI is InChI=1S/C22H14ClN5O3S/c23-15-10-9-13(28(30)31)11-18(15)24-20(29)12-32-22-26-16-6-2-1-5-14(16)21-25-17-7-3-4-8-19(17)27(21)22/h1-11H,12H2,(H,24,29). The molecule has 0 aliphatic heterocycles. The number of rotatable bonds is 5. The summed E-state index contributed by atoms with van der Waals surface area (Å²) in [7, 11) is 0. The molecule has 2 heterocycles. The molecule has 158 valence electrons. The van der Waals surface area contributed by atoms with Crippen LogP contribution in [-0.4, -0.2) is 31.0 Å². The third-order valence-corrected chi connectivity index (χ3v) is 6.15. The first kappa shape index (κ1) is 20.2. The van der Waals surface area contributed by atoms with Crippen LogP contribution in [0.4, 0.5) is 11.4 Å². The molecule has 0 unspecified atom stereocenters. The maximum Gasteiger partial charge on any atom is 0.271 e. The van der Waals surface area contributed by atoms with Crippen molar-refractivity contribution in [3.63, 3.8) is 0 Å². The van der Waals surface area contributed by atoms with Crippen LogP contribution in [-0.2, 0) is 4.79 Å². The van der Waals surface area contributed by atoms with E-state index in [0.717, 1.165) is 27.6 Å². The highest BCUT2D eigenvalue weighted by Gasteiger charge is 2.16. The third-order valence-electron chi connectivity index (χ3n) is 4.88. The molecule has 1 amide bonds. The van der Waals surface area contributed by atoms with Crippen molar-refractivity contribution in [2.24, 2.45) is 0 Å². The predicted molar refractivity (Wildman–Crippen MR) is 125 cm³/mol. The zero-order chi connectivity index (χ0) is 22.2. The van der Waals surface area contributed by atoms with Crippen LogP contribution < -0.4 is 5.32 Å². The Bertz CT molecular complexity index is 1530. The number of benzene rings is 3. The second kappa shape index (κ2) is 8.10. The quantitative estimate of drug-likeness (QED) is 0.163. The Labute approximate surface area is 190 Å². The molecule has 0 spiro atoms. The third kappa shape index (κ3) is 3.61. The fourth-order valence-electron chi connectivity index (χ4n) is 3.45. The van der Waals surface area contributed by atoms with Gasteiger partial charge in [-0.2, -0.15) is 0 Å². The number of carbonyl (C=O) groups excluding carboxylic acids is 1. The van der Waals surface area contributed by atoms with Gasteiger partial charge in [0.25, 0.3) is 5.69 Å². The molecule has 0 radical (unpaired) electrons. The van der Waals surface area contributed by atoms with Gasteiger partial charge in [0.15, 0.2) is 5.16 Å². The van der Waals surface area contributed by atoms with Gasteiger partial charge < -0.3 is 5.32 Å². The van der Waals surface area contributed by atoms with Crippen LogP contribution in [0, 0.1) is 10.1 Å². The number of halogens is 1. The summed E-state index contributed by atoms with van der Waals surface area (Å²) in [5, 5.41) is 15.4. The Hall–Kier alpha value is -3.69. The first-order valence-electron chi connectivity index (χ1n) is 9.54. The fourth-order valence-corrected chi connectivity index (χ4v) is 4.42. The first-order valence-corrected chi connectivity index (χ1v) is 10.9. The molecule has 0 saturated carbocycles. The van der Waals surface area contributed by atoms with E-state index in [1.807, 2.05) is 52.9 Å². The lowest BCUT2D eigenvalue weighted by Crippen LogP contribution is -2.15. The number of para-hydroxylation sites is 3. The van der Waals surface area contributed by atoms with E-state index >= 15 is 0 Å². The Kier molecular flexibility index (Phi) is 5.12. The number of amides is 1. The lowest BCUT2D eigenvalue weighted by atomic mass is 10.2. The van der Waals surface area contributed by atoms with Gasteiger partial charge in [0.1, 0.15) is 5.65 Å². The van der Waals surface area contributed by atoms with Crippen molar-refractivity contribution >= 4 is 68.2 Å². The Morgan fingerprint density at radius 1 is 1.06 bits per heavy atom. The second-order valence-corrected chi connectivity index (χ2v) is 8.28. The van der Waals surface area contributed by atoms with Crippen molar-refractivity contribution in [1.29, 1.82) is 0 Å². The number of nitrogens with one attached hydrogen (secondary N) is 1. The maximum absolute atomic E-state index is 12.6. The molecule has 0 bridgehead atoms. The minimum Gasteiger partial charge on any atom is -0.324 e. The van der Waals surface area contributed by atoms with Gasteiger partial charge in [-0.3, -0.25) is 19.3 Å². The first-order chi connectivity index (χ1) is 15.5. The van der Waals surface area contributed by atoms with E-state index < -0.39 is 4.92 Å². The van der Waals surface area contributed by atoms with E-state index in [-0.39, 0.29) is 28.1 Å². The van der Waals surface area contributed by atoms with Crippen molar-refractivity contribution in [1.82, 2.24) is 14.4 Å². The topological polar surface area (TPSA) is 102 Å². The summed E-state index contributed by atoms with van der Waals surface area (Å²) in [5.74, 6) is -0.323. The zero-order valence-electron chi connectivity index (χ0n) is 16.4. The summed E-state index contributed by atoms with van der Waals surface area (Å²) >= 11 is 7.34. The lowest BCUT2D eigenvalue weighted by molar-refractivity contribution is -0.384. The molecule has 0 saturated heterocycles. The van der Waals surface area contributed by atoms with Gasteiger partial charge in [-0.1, -0.05) is 47.6 Å². The molecule has 8 nitrogen and oxygen atoms in total. The summed E-state index contributed by atoms with van der Waals surface area (Å²) in [5.41, 5.74) is 3.31. The summed E-state index contributed by atoms with van der Waals surface area (Å²) in [6.45, 7) is 0. The molecular formula is C22H14ClN5O3S. The van der Waals surface area contributed by atoms with Gasteiger partial charge in [-0.05, 0) is 30.3 Å². The monoisotopic (exact) mass is 463 g/mol. The van der Waals surface area contributed by atoms with Gasteiger partial charge in [0.2, 0.25) is 5.91 Å². The van der Waals surface area contributed by atoms with Gasteiger partial charge in [0, 0.05) is 17.5 Å². The molecule has 0 atom stereocenters. The molecule has 32 heavy (non-hydrogen) atoms. The number of aromatic nitrogens is 3. The molecule has 0 aliphatic carbocycles. The summed E-state index contributed by atoms with van der Waals surface area (Å²) in [4.78, 5) is 32.6. The summed E-state index contributed by atoms with van der Waals surface area (Å²) in [6.07, 6.45) is 0. The number of imidazole rings is 1. The van der Waals surface area contributed by atoms with E-state index in [1.54, 1.807) is 0 Å². The van der Waals surface area contributed by atoms with Crippen LogP contribution >= 0.6 is 23.4 Å². The van der Waals surface area contributed by atoms with Crippen molar-refractivity contribution in [3.05, 3.63) is 81.9 Å². The van der Waals surface area contributed by atoms with E-state index in [4.69, 9.17) is 21.6 Å². The van der Waals surface area contributed by atoms with Gasteiger partial charge in [-0.25, -0.2) is 9.97 Å². The number of nitro benzene ring substituents is 1. The van der Waals surface area contributed by atoms with Crippen LogP contribution in [0.2, 0.25) is 5.02 Å². The van der Waals surface area contributed by atoms with Crippen molar-refractivity contribution in [2.75, 3.05) is 11.1 Å². The lowest BCUT2D eigenvalue weighted by Gasteiger charge is -2.09. The molecule has 5 aromatic rings. The molecule has 0 fully saturated rings. The Morgan fingerprint density at radius 2 is 1.81 bits per heavy atom. The zero-order valence-corrected chi connectivity index (χ0v) is 17.9. The normalized spacial score (nSPS) is 11.3. The van der Waals surface area contributed by atoms with Crippen molar-refractivity contribution in [2.45, 2.75) is 5.16 Å². The number of hydrogen-bond donors (Lipinski definition) is 1. The maximum atomic E-state index is 12.6. The van der Waals surface area contributed by atoms with Gasteiger partial charge >= 0.3 is 0 Å². The van der Waals surface area contributed by atoms with Crippen LogP contribution in [0.15, 0.2) is 71.9 Å². The number of nitrogens with zero attached hydrogens (tertiary/aromatic N) is 4. The number of thioether (sulfide) groups is 1. The van der Waals surface area contributed by atoms with Crippen molar-refractivity contribution in [3.8, 4) is 0 Å². The van der Waals surface area contributed by atoms with E-state index in [9.17, 15) is 14.9 Å². The molecular weight excluding hydrogens is 450 g/mol. The van der Waals surface area contributed by atoms with E-state index in [2.05, 4.69) is 5.32 Å². The van der Waals surface area contributed by atoms with Crippen LogP contribution in [0.1, 0.15) is 0 Å². The molecule has 1 N–H and O–H groups in total. The van der Waals surface area contributed by atoms with Crippen LogP contribution in [0.5, 0.6) is 0 Å². The summed E-state index contributed by atoms with van der Waals surface area (Å²) < 4.78 is 1.94. The predicted octanol–water partition coefficient (Wildman–Crippen LogP) is 5.33. The minimum atomic E-state index is -0.541. The second-order valence-electron chi connectivity index (χ2n) is 6.93. The average Bonchev–Trinajstić information content (AvgIpc) is 3.19. The number of anilines is 1. The molecule has 2 aromatic heterocycles. The molecule has 3 aromatic carbocycles. The Morgan fingerprint density at radius 3 is 2.62 bits per heavy atom. The molecule has 10 heteroatoms. The summed E-state index contributed by atoms with van der Waals surface area (Å²) in [6, 6.07) is 19.4. The highest BCUT2D eigenvalue weighted by Crippen LogP contribution is 2.30. The highest BCUT2D eigenvalue weighted by molar-refractivity contribution is 7.99. The highest BCUT2D eigenvalue weighted by atomic mass is 35.5. The average molecular weight is 464 g/mol. The number of non-ortho nitro benzene ring substituents is 1. The number of nitro groups is 1. The number of fused-ring (bicyclic) bond motifs is 5. The number of carbonyl (C=O) groups is 1. The number of hydrogen-bond acceptors (Lipinski definition) is 6. The Balaban J connectivity index is 1.48. The largest absolute Gasteiger partial charge is 0.324 e. The molecule has 0 aliphatic rings. The smallest absolute Gasteiger partial charge is 0.271 e. The van der Waals surface area contributed by atoms with Crippen LogP contribution in [0.3, 0.4) is 0 Å². The SMILES string of the molecule is O=C(CSc1nc2ccccc2c2nc3ccccc3n12)Nc1cc([N+](=O)[O-])ccc1Cl.